The Labute approximate surface area is 144 Å². The van der Waals surface area contributed by atoms with Gasteiger partial charge >= 0.3 is 144 Å². The quantitative estimate of drug-likeness (QED) is 0.353. The predicted octanol–water partition coefficient (Wildman–Crippen LogP) is 6.48. The molecular formula is C17H35P5. The molecule has 128 valence electrons. The van der Waals surface area contributed by atoms with Crippen molar-refractivity contribution in [1.82, 2.24) is 0 Å². The molecule has 1 heterocycles. The molecule has 1 aliphatic heterocycles. The van der Waals surface area contributed by atoms with Gasteiger partial charge in [0, 0.05) is 0 Å². The van der Waals surface area contributed by atoms with Gasteiger partial charge in [-0.3, -0.25) is 0 Å². The number of rotatable bonds is 1. The molecule has 0 nitrogen and oxygen atoms in total. The van der Waals surface area contributed by atoms with Crippen molar-refractivity contribution in [2.45, 2.75) is 19.2 Å². The monoisotopic (exact) mass is 394 g/mol. The average molecular weight is 394 g/mol. The van der Waals surface area contributed by atoms with Gasteiger partial charge in [-0.05, 0) is 0 Å². The van der Waals surface area contributed by atoms with Gasteiger partial charge in [-0.2, -0.15) is 0 Å². The maximum atomic E-state index is 3.92. The molecule has 0 amide bonds. The van der Waals surface area contributed by atoms with Gasteiger partial charge in [0.1, 0.15) is 0 Å². The summed E-state index contributed by atoms with van der Waals surface area (Å²) in [7, 11) is -0.467. The molecule has 22 heavy (non-hydrogen) atoms. The van der Waals surface area contributed by atoms with Gasteiger partial charge in [-0.25, -0.2) is 0 Å². The second-order valence-corrected chi connectivity index (χ2v) is 31.0. The SMILES string of the molecule is CC(C)C1[PH](C)(C)P(C)C#CP(C)CP(C)C#CP1(C)(C)C. The Balaban J connectivity index is 3.56. The van der Waals surface area contributed by atoms with Crippen LogP contribution in [0.1, 0.15) is 13.8 Å². The van der Waals surface area contributed by atoms with Crippen molar-refractivity contribution in [3.8, 4) is 22.6 Å². The van der Waals surface area contributed by atoms with E-state index in [1.807, 2.05) is 0 Å². The van der Waals surface area contributed by atoms with Gasteiger partial charge in [0.2, 0.25) is 0 Å². The Bertz CT molecular complexity index is 533. The Morgan fingerprint density at radius 3 is 1.95 bits per heavy atom. The molecule has 0 fully saturated rings. The molecule has 0 saturated heterocycles. The molecule has 1 aliphatic rings. The van der Waals surface area contributed by atoms with Crippen molar-refractivity contribution in [1.29, 1.82) is 0 Å². The molecule has 0 aromatic carbocycles. The van der Waals surface area contributed by atoms with Crippen LogP contribution in [0, 0.1) is 28.6 Å². The summed E-state index contributed by atoms with van der Waals surface area (Å²) in [5, 5.41) is 0.793. The van der Waals surface area contributed by atoms with E-state index in [0.717, 1.165) is 5.40 Å². The molecule has 1 rings (SSSR count). The summed E-state index contributed by atoms with van der Waals surface area (Å²) in [6.07, 6.45) is 0. The fraction of sp³-hybridized carbons (Fsp3) is 0.765. The number of hydrogen-bond acceptors (Lipinski definition) is 0. The van der Waals surface area contributed by atoms with Crippen LogP contribution in [0.15, 0.2) is 0 Å². The molecule has 5 heteroatoms. The van der Waals surface area contributed by atoms with E-state index in [4.69, 9.17) is 0 Å². The van der Waals surface area contributed by atoms with E-state index in [1.165, 1.54) is 5.90 Å². The second kappa shape index (κ2) is 7.25. The minimum absolute atomic E-state index is 0.142. The standard InChI is InChI=1S/C17H35P5/c1-16(2)17-21(6,7)20(5)12-11-18(3)15-19(4)13-14-22(17,8,9)10/h16-17,21H,15H2,1-10H3. The molecular weight excluding hydrogens is 359 g/mol. The average Bonchev–Trinajstić information content (AvgIpc) is 2.31. The van der Waals surface area contributed by atoms with E-state index in [1.54, 1.807) is 0 Å². The Kier molecular flexibility index (Phi) is 7.03. The molecule has 0 aromatic heterocycles. The van der Waals surface area contributed by atoms with Crippen LogP contribution < -0.4 is 0 Å². The van der Waals surface area contributed by atoms with Gasteiger partial charge in [0.05, 0.1) is 0 Å². The van der Waals surface area contributed by atoms with Crippen LogP contribution in [0.4, 0.5) is 0 Å². The van der Waals surface area contributed by atoms with Crippen LogP contribution in [0.25, 0.3) is 0 Å². The topological polar surface area (TPSA) is 0 Å². The fourth-order valence-electron chi connectivity index (χ4n) is 4.19. The van der Waals surface area contributed by atoms with E-state index in [0.29, 0.717) is 5.92 Å². The van der Waals surface area contributed by atoms with Gasteiger partial charge < -0.3 is 0 Å². The van der Waals surface area contributed by atoms with Crippen LogP contribution in [0.5, 0.6) is 0 Å². The molecule has 0 spiro atoms. The second-order valence-electron chi connectivity index (χ2n) is 8.80. The van der Waals surface area contributed by atoms with Gasteiger partial charge in [0.25, 0.3) is 0 Å². The maximum absolute atomic E-state index is 3.92. The Hall–Kier alpha value is 1.27. The summed E-state index contributed by atoms with van der Waals surface area (Å²) in [5.41, 5.74) is 15.1. The van der Waals surface area contributed by atoms with E-state index in [-0.39, 0.29) is 23.5 Å². The molecule has 0 saturated carbocycles. The zero-order valence-corrected chi connectivity index (χ0v) is 20.7. The molecule has 4 unspecified atom stereocenters. The van der Waals surface area contributed by atoms with Crippen molar-refractivity contribution in [3.05, 3.63) is 0 Å². The molecule has 0 radical (unpaired) electrons. The first-order valence-corrected chi connectivity index (χ1v) is 21.3. The summed E-state index contributed by atoms with van der Waals surface area (Å²) in [4.78, 5) is 0. The first-order valence-electron chi connectivity index (χ1n) is 7.97. The van der Waals surface area contributed by atoms with Crippen molar-refractivity contribution in [2.75, 3.05) is 59.2 Å². The third-order valence-corrected chi connectivity index (χ3v) is 28.8. The van der Waals surface area contributed by atoms with Gasteiger partial charge in [-0.15, -0.1) is 0 Å². The van der Waals surface area contributed by atoms with Gasteiger partial charge in [0.15, 0.2) is 0 Å². The van der Waals surface area contributed by atoms with E-state index in [2.05, 4.69) is 89.8 Å². The summed E-state index contributed by atoms with van der Waals surface area (Å²) in [6.45, 7) is 21.4. The first kappa shape index (κ1) is 21.3. The van der Waals surface area contributed by atoms with Crippen molar-refractivity contribution < 1.29 is 0 Å². The van der Waals surface area contributed by atoms with Crippen LogP contribution in [-0.2, 0) is 0 Å². The zero-order chi connectivity index (χ0) is 17.4. The van der Waals surface area contributed by atoms with E-state index >= 15 is 0 Å². The summed E-state index contributed by atoms with van der Waals surface area (Å²) < 4.78 is 0. The Morgan fingerprint density at radius 2 is 1.45 bits per heavy atom. The van der Waals surface area contributed by atoms with Crippen LogP contribution >= 0.6 is 37.0 Å². The zero-order valence-electron chi connectivity index (χ0n) is 16.2. The third kappa shape index (κ3) is 5.13. The first-order chi connectivity index (χ1) is 9.75. The molecule has 0 aliphatic carbocycles. The van der Waals surface area contributed by atoms with Crippen LogP contribution in [0.3, 0.4) is 0 Å². The van der Waals surface area contributed by atoms with Crippen molar-refractivity contribution in [2.24, 2.45) is 5.92 Å². The molecule has 0 bridgehead atoms. The molecule has 0 N–H and O–H groups in total. The van der Waals surface area contributed by atoms with Gasteiger partial charge in [-0.1, -0.05) is 0 Å². The minimum atomic E-state index is -2.00. The predicted molar refractivity (Wildman–Crippen MR) is 122 cm³/mol. The summed E-state index contributed by atoms with van der Waals surface area (Å²) in [6, 6.07) is 0. The van der Waals surface area contributed by atoms with Crippen LogP contribution in [-0.4, -0.2) is 64.6 Å². The van der Waals surface area contributed by atoms with E-state index < -0.39 is 13.6 Å². The Morgan fingerprint density at radius 1 is 0.955 bits per heavy atom. The van der Waals surface area contributed by atoms with E-state index in [9.17, 15) is 0 Å². The number of hydrogen-bond donors (Lipinski definition) is 0. The summed E-state index contributed by atoms with van der Waals surface area (Å²) >= 11 is 0. The summed E-state index contributed by atoms with van der Waals surface area (Å²) in [5.74, 6) is 1.96. The third-order valence-electron chi connectivity index (χ3n) is 4.67. The normalized spacial score (nSPS) is 39.7. The van der Waals surface area contributed by atoms with Crippen LogP contribution in [0.2, 0.25) is 0 Å². The molecule has 4 atom stereocenters. The van der Waals surface area contributed by atoms with Crippen molar-refractivity contribution in [3.63, 3.8) is 0 Å². The molecule has 0 aromatic rings. The fourth-order valence-corrected chi connectivity index (χ4v) is 32.9. The van der Waals surface area contributed by atoms with Crippen molar-refractivity contribution >= 4 is 37.0 Å².